The van der Waals surface area contributed by atoms with E-state index in [2.05, 4.69) is 31.5 Å². The second kappa shape index (κ2) is 7.31. The van der Waals surface area contributed by atoms with Gasteiger partial charge in [-0.05, 0) is 28.1 Å². The van der Waals surface area contributed by atoms with Gasteiger partial charge in [0.1, 0.15) is 9.76 Å². The van der Waals surface area contributed by atoms with Gasteiger partial charge < -0.3 is 15.4 Å². The van der Waals surface area contributed by atoms with E-state index in [-0.39, 0.29) is 18.4 Å². The highest BCUT2D eigenvalue weighted by Gasteiger charge is 2.13. The first-order valence-electron chi connectivity index (χ1n) is 6.03. The van der Waals surface area contributed by atoms with Crippen molar-refractivity contribution in [3.05, 3.63) is 27.5 Å². The Bertz CT molecular complexity index is 432. The van der Waals surface area contributed by atoms with Gasteiger partial charge >= 0.3 is 0 Å². The smallest absolute Gasteiger partial charge is 0.176 e. The van der Waals surface area contributed by atoms with Gasteiger partial charge in [0, 0.05) is 24.7 Å². The molecule has 1 atom stereocenters. The molecular weight excluding hydrogens is 334 g/mol. The Hall–Kier alpha value is -0.530. The van der Waals surface area contributed by atoms with Crippen LogP contribution < -0.4 is 10.6 Å². The zero-order chi connectivity index (χ0) is 13.7. The highest BCUT2D eigenvalue weighted by atomic mass is 79.9. The minimum Gasteiger partial charge on any atom is -0.378 e. The summed E-state index contributed by atoms with van der Waals surface area (Å²) in [5.41, 5.74) is 0.548. The largest absolute Gasteiger partial charge is 0.378 e. The molecule has 1 aliphatic heterocycles. The lowest BCUT2D eigenvalue weighted by molar-refractivity contribution is 0.0760. The molecule has 0 bridgehead atoms. The number of morpholine rings is 1. The molecular formula is C12H15BrClN3O2. The van der Waals surface area contributed by atoms with Crippen LogP contribution in [0.5, 0.6) is 0 Å². The number of rotatable bonds is 5. The van der Waals surface area contributed by atoms with Crippen LogP contribution in [-0.4, -0.2) is 49.7 Å². The van der Waals surface area contributed by atoms with Gasteiger partial charge in [-0.1, -0.05) is 11.6 Å². The summed E-state index contributed by atoms with van der Waals surface area (Å²) in [6.45, 7) is 3.25. The van der Waals surface area contributed by atoms with Crippen molar-refractivity contribution in [2.45, 2.75) is 6.04 Å². The zero-order valence-corrected chi connectivity index (χ0v) is 12.6. The van der Waals surface area contributed by atoms with Crippen LogP contribution in [-0.2, 0) is 4.74 Å². The Morgan fingerprint density at radius 3 is 3.16 bits per heavy atom. The molecule has 0 saturated carbocycles. The van der Waals surface area contributed by atoms with Crippen LogP contribution in [0.1, 0.15) is 10.4 Å². The summed E-state index contributed by atoms with van der Waals surface area (Å²) in [5.74, 6) is -0.0123. The zero-order valence-electron chi connectivity index (χ0n) is 10.3. The van der Waals surface area contributed by atoms with Crippen molar-refractivity contribution in [1.82, 2.24) is 15.6 Å². The number of hydrogen-bond donors (Lipinski definition) is 2. The molecule has 1 aromatic heterocycles. The summed E-state index contributed by atoms with van der Waals surface area (Å²) in [4.78, 5) is 15.9. The SMILES string of the molecule is O=C(CNCC1COCCN1)c1cc(Cl)nc(Br)c1. The lowest BCUT2D eigenvalue weighted by atomic mass is 10.2. The van der Waals surface area contributed by atoms with Gasteiger partial charge in [0.05, 0.1) is 19.8 Å². The number of halogens is 2. The summed E-state index contributed by atoms with van der Waals surface area (Å²) in [7, 11) is 0. The first kappa shape index (κ1) is 14.9. The maximum absolute atomic E-state index is 12.0. The number of carbonyl (C=O) groups is 1. The van der Waals surface area contributed by atoms with E-state index in [0.29, 0.717) is 28.5 Å². The van der Waals surface area contributed by atoms with Gasteiger partial charge in [-0.2, -0.15) is 0 Å². The molecule has 0 aliphatic carbocycles. The van der Waals surface area contributed by atoms with E-state index in [1.165, 1.54) is 0 Å². The third-order valence-corrected chi connectivity index (χ3v) is 3.36. The van der Waals surface area contributed by atoms with Gasteiger partial charge in [-0.15, -0.1) is 0 Å². The van der Waals surface area contributed by atoms with Crippen LogP contribution in [0.2, 0.25) is 5.15 Å². The Morgan fingerprint density at radius 1 is 1.63 bits per heavy atom. The van der Waals surface area contributed by atoms with Crippen molar-refractivity contribution >= 4 is 33.3 Å². The summed E-state index contributed by atoms with van der Waals surface area (Å²) in [6, 6.07) is 3.49. The molecule has 0 amide bonds. The molecule has 5 nitrogen and oxygen atoms in total. The molecule has 104 valence electrons. The molecule has 19 heavy (non-hydrogen) atoms. The number of nitrogens with one attached hydrogen (secondary N) is 2. The second-order valence-corrected chi connectivity index (χ2v) is 5.48. The van der Waals surface area contributed by atoms with E-state index in [1.807, 2.05) is 0 Å². The van der Waals surface area contributed by atoms with Crippen molar-refractivity contribution in [3.63, 3.8) is 0 Å². The summed E-state index contributed by atoms with van der Waals surface area (Å²) >= 11 is 9.03. The molecule has 1 fully saturated rings. The standard InChI is InChI=1S/C12H15BrClN3O2/c13-11-3-8(4-12(14)17-11)10(18)6-15-5-9-7-19-2-1-16-9/h3-4,9,15-16H,1-2,5-7H2. The number of aromatic nitrogens is 1. The highest BCUT2D eigenvalue weighted by molar-refractivity contribution is 9.10. The number of nitrogens with zero attached hydrogens (tertiary/aromatic N) is 1. The number of hydrogen-bond acceptors (Lipinski definition) is 5. The van der Waals surface area contributed by atoms with Crippen LogP contribution in [0.4, 0.5) is 0 Å². The highest BCUT2D eigenvalue weighted by Crippen LogP contribution is 2.15. The van der Waals surface area contributed by atoms with Crippen LogP contribution in [0.15, 0.2) is 16.7 Å². The van der Waals surface area contributed by atoms with Crippen molar-refractivity contribution in [1.29, 1.82) is 0 Å². The fourth-order valence-electron chi connectivity index (χ4n) is 1.84. The number of ketones is 1. The third kappa shape index (κ3) is 4.81. The molecule has 2 rings (SSSR count). The lowest BCUT2D eigenvalue weighted by Crippen LogP contribution is -2.47. The van der Waals surface area contributed by atoms with Crippen molar-refractivity contribution in [2.75, 3.05) is 32.8 Å². The topological polar surface area (TPSA) is 63.2 Å². The number of carbonyl (C=O) groups excluding carboxylic acids is 1. The van der Waals surface area contributed by atoms with Crippen molar-refractivity contribution in [2.24, 2.45) is 0 Å². The second-order valence-electron chi connectivity index (χ2n) is 4.28. The van der Waals surface area contributed by atoms with Crippen LogP contribution >= 0.6 is 27.5 Å². The molecule has 0 spiro atoms. The van der Waals surface area contributed by atoms with E-state index in [0.717, 1.165) is 13.2 Å². The number of ether oxygens (including phenoxy) is 1. The summed E-state index contributed by atoms with van der Waals surface area (Å²) in [6.07, 6.45) is 0. The molecule has 1 saturated heterocycles. The quantitative estimate of drug-likeness (QED) is 0.619. The Morgan fingerprint density at radius 2 is 2.47 bits per heavy atom. The first-order chi connectivity index (χ1) is 9.15. The molecule has 0 radical (unpaired) electrons. The average molecular weight is 349 g/mol. The van der Waals surface area contributed by atoms with E-state index in [1.54, 1.807) is 12.1 Å². The van der Waals surface area contributed by atoms with E-state index < -0.39 is 0 Å². The minimum atomic E-state index is -0.0123. The van der Waals surface area contributed by atoms with Gasteiger partial charge in [-0.25, -0.2) is 4.98 Å². The lowest BCUT2D eigenvalue weighted by Gasteiger charge is -2.23. The molecule has 0 aromatic carbocycles. The monoisotopic (exact) mass is 347 g/mol. The molecule has 1 unspecified atom stereocenters. The van der Waals surface area contributed by atoms with Gasteiger partial charge in [0.2, 0.25) is 0 Å². The van der Waals surface area contributed by atoms with Crippen LogP contribution in [0.25, 0.3) is 0 Å². The van der Waals surface area contributed by atoms with Crippen LogP contribution in [0, 0.1) is 0 Å². The average Bonchev–Trinajstić information content (AvgIpc) is 2.38. The number of pyridine rings is 1. The minimum absolute atomic E-state index is 0.0123. The molecule has 7 heteroatoms. The Labute approximate surface area is 125 Å². The Kier molecular flexibility index (Phi) is 5.72. The van der Waals surface area contributed by atoms with Gasteiger partial charge in [-0.3, -0.25) is 4.79 Å². The number of Topliss-reactive ketones (excluding diaryl/α,β-unsaturated/α-hetero) is 1. The van der Waals surface area contributed by atoms with Gasteiger partial charge in [0.15, 0.2) is 5.78 Å². The van der Waals surface area contributed by atoms with E-state index >= 15 is 0 Å². The fraction of sp³-hybridized carbons (Fsp3) is 0.500. The maximum atomic E-state index is 12.0. The van der Waals surface area contributed by atoms with E-state index in [9.17, 15) is 4.79 Å². The Balaban J connectivity index is 1.80. The predicted molar refractivity (Wildman–Crippen MR) is 76.8 cm³/mol. The van der Waals surface area contributed by atoms with Gasteiger partial charge in [0.25, 0.3) is 0 Å². The first-order valence-corrected chi connectivity index (χ1v) is 7.20. The van der Waals surface area contributed by atoms with Crippen molar-refractivity contribution in [3.8, 4) is 0 Å². The molecule has 2 heterocycles. The third-order valence-electron chi connectivity index (χ3n) is 2.76. The van der Waals surface area contributed by atoms with Crippen LogP contribution in [0.3, 0.4) is 0 Å². The van der Waals surface area contributed by atoms with Crippen molar-refractivity contribution < 1.29 is 9.53 Å². The summed E-state index contributed by atoms with van der Waals surface area (Å²) in [5, 5.41) is 6.74. The summed E-state index contributed by atoms with van der Waals surface area (Å²) < 4.78 is 5.90. The molecule has 1 aromatic rings. The molecule has 1 aliphatic rings. The normalized spacial score (nSPS) is 19.4. The predicted octanol–water partition coefficient (Wildman–Crippen LogP) is 1.26. The fourth-order valence-corrected chi connectivity index (χ4v) is 2.59. The van der Waals surface area contributed by atoms with E-state index in [4.69, 9.17) is 16.3 Å². The maximum Gasteiger partial charge on any atom is 0.176 e. The molecule has 2 N–H and O–H groups in total.